The molecule has 1 atom stereocenters. The van der Waals surface area contributed by atoms with Gasteiger partial charge in [0.1, 0.15) is 0 Å². The summed E-state index contributed by atoms with van der Waals surface area (Å²) in [4.78, 5) is 0. The van der Waals surface area contributed by atoms with E-state index < -0.39 is 8.26 Å². The summed E-state index contributed by atoms with van der Waals surface area (Å²) in [6.45, 7) is 1.61. The van der Waals surface area contributed by atoms with Crippen molar-refractivity contribution < 1.29 is 12.8 Å². The van der Waals surface area contributed by atoms with Gasteiger partial charge in [0.15, 0.2) is 0 Å². The molecule has 0 saturated carbocycles. The molecule has 0 radical (unpaired) electrons. The van der Waals surface area contributed by atoms with Crippen LogP contribution < -0.4 is 0 Å². The van der Waals surface area contributed by atoms with Crippen LogP contribution in [-0.4, -0.2) is 15.1 Å². The van der Waals surface area contributed by atoms with Gasteiger partial charge in [-0.15, -0.1) is 0 Å². The van der Waals surface area contributed by atoms with E-state index in [0.29, 0.717) is 0 Å². The molecule has 0 bridgehead atoms. The first-order valence-electron chi connectivity index (χ1n) is 4.09. The highest BCUT2D eigenvalue weighted by Crippen LogP contribution is 2.13. The Hall–Kier alpha value is -0.320. The van der Waals surface area contributed by atoms with Crippen molar-refractivity contribution in [2.75, 3.05) is 6.67 Å². The highest BCUT2D eigenvalue weighted by molar-refractivity contribution is 8.31. The van der Waals surface area contributed by atoms with Gasteiger partial charge in [0.2, 0.25) is 0 Å². The number of halogens is 3. The predicted octanol–water partition coefficient (Wildman–Crippen LogP) is 3.47. The van der Waals surface area contributed by atoms with Crippen molar-refractivity contribution in [3.63, 3.8) is 0 Å². The third-order valence-corrected chi connectivity index (χ3v) is 1.60. The van der Waals surface area contributed by atoms with Crippen molar-refractivity contribution in [3.8, 4) is 0 Å². The Bertz CT molecular complexity index is 359. The van der Waals surface area contributed by atoms with E-state index in [1.54, 1.807) is 0 Å². The van der Waals surface area contributed by atoms with Gasteiger partial charge in [0, 0.05) is 27.3 Å². The smallest absolute Gasteiger partial charge is 0.250 e. The average molecular weight is 273 g/mol. The van der Waals surface area contributed by atoms with Crippen LogP contribution in [0.3, 0.4) is 0 Å². The molecule has 0 saturated heterocycles. The fourth-order valence-corrected chi connectivity index (χ4v) is 0.871. The topological polar surface area (TPSA) is 34.1 Å². The molecule has 0 aromatic heterocycles. The molecule has 1 aromatic carbocycles. The summed E-state index contributed by atoms with van der Waals surface area (Å²) >= 11 is 0. The molecule has 6 heteroatoms. The number of alkyl halides is 1. The lowest BCUT2D eigenvalue weighted by molar-refractivity contribution is 0.447. The second kappa shape index (κ2) is 7.04. The quantitative estimate of drug-likeness (QED) is 0.773. The molecular weight excluding hydrogens is 262 g/mol. The predicted molar refractivity (Wildman–Crippen MR) is 61.5 cm³/mol. The summed E-state index contributed by atoms with van der Waals surface area (Å²) in [6, 6.07) is 9.70. The first-order valence-corrected chi connectivity index (χ1v) is 7.23. The maximum Gasteiger partial charge on any atom is 0.317 e. The molecule has 86 valence electrons. The van der Waals surface area contributed by atoms with E-state index in [2.05, 4.69) is 21.4 Å². The van der Waals surface area contributed by atoms with Gasteiger partial charge in [-0.25, -0.2) is 0 Å². The lowest BCUT2D eigenvalue weighted by Gasteiger charge is -2.04. The van der Waals surface area contributed by atoms with E-state index >= 15 is 0 Å². The van der Waals surface area contributed by atoms with Gasteiger partial charge in [-0.1, -0.05) is 37.3 Å². The molecule has 0 aliphatic heterocycles. The Morgan fingerprint density at radius 1 is 1.27 bits per heavy atom. The van der Waals surface area contributed by atoms with E-state index in [-0.39, 0.29) is 12.6 Å². The van der Waals surface area contributed by atoms with E-state index in [1.165, 1.54) is 0 Å². The van der Waals surface area contributed by atoms with Crippen LogP contribution in [0, 0.1) is 0 Å². The fraction of sp³-hybridized carbons (Fsp3) is 0.333. The van der Waals surface area contributed by atoms with E-state index in [0.717, 1.165) is 5.56 Å². The number of hydrogen-bond donors (Lipinski definition) is 0. The number of hydrogen-bond acceptors (Lipinski definition) is 2. The summed E-state index contributed by atoms with van der Waals surface area (Å²) in [6.07, 6.45) is 0. The lowest BCUT2D eigenvalue weighted by Crippen LogP contribution is -1.93. The summed E-state index contributed by atoms with van der Waals surface area (Å²) in [5.41, 5.74) is 1.07. The lowest BCUT2D eigenvalue weighted by atomic mass is 10.0. The first-order chi connectivity index (χ1) is 6.84. The first kappa shape index (κ1) is 14.7. The Morgan fingerprint density at radius 2 is 1.67 bits per heavy atom. The second-order valence-electron chi connectivity index (χ2n) is 2.84. The highest BCUT2D eigenvalue weighted by Gasteiger charge is 2.01. The molecule has 0 spiro atoms. The Labute approximate surface area is 97.9 Å². The van der Waals surface area contributed by atoms with Crippen LogP contribution in [0.1, 0.15) is 18.4 Å². The molecule has 1 aromatic rings. The van der Waals surface area contributed by atoms with E-state index in [4.69, 9.17) is 8.42 Å². The summed E-state index contributed by atoms with van der Waals surface area (Å²) in [7, 11) is 4.81. The van der Waals surface area contributed by atoms with Crippen molar-refractivity contribution in [1.82, 2.24) is 0 Å². The zero-order chi connectivity index (χ0) is 11.9. The van der Waals surface area contributed by atoms with Gasteiger partial charge < -0.3 is 0 Å². The standard InChI is InChI=1S/C9H11F.Cl2O2S/c1-8(7-10)9-5-3-2-4-6-9;1-5(2,3)4/h2-6,8H,7H2,1H3;/t8-;/m0./s1. The van der Waals surface area contributed by atoms with Crippen molar-refractivity contribution in [2.24, 2.45) is 0 Å². The molecule has 0 amide bonds. The van der Waals surface area contributed by atoms with Crippen molar-refractivity contribution in [3.05, 3.63) is 35.9 Å². The second-order valence-corrected chi connectivity index (χ2v) is 6.51. The van der Waals surface area contributed by atoms with Gasteiger partial charge in [0.25, 0.3) is 0 Å². The monoisotopic (exact) mass is 272 g/mol. The Morgan fingerprint density at radius 3 is 2.00 bits per heavy atom. The van der Waals surface area contributed by atoms with Gasteiger partial charge in [-0.05, 0) is 5.56 Å². The van der Waals surface area contributed by atoms with Crippen molar-refractivity contribution in [1.29, 1.82) is 0 Å². The number of benzene rings is 1. The molecule has 0 N–H and O–H groups in total. The molecule has 0 fully saturated rings. The maximum atomic E-state index is 12.1. The maximum absolute atomic E-state index is 12.1. The zero-order valence-corrected chi connectivity index (χ0v) is 10.4. The Kier molecular flexibility index (Phi) is 6.89. The third kappa shape index (κ3) is 9.97. The van der Waals surface area contributed by atoms with Crippen LogP contribution in [0.5, 0.6) is 0 Å². The molecule has 0 aliphatic carbocycles. The molecular formula is C9H11Cl2FO2S. The minimum Gasteiger partial charge on any atom is -0.250 e. The molecule has 0 unspecified atom stereocenters. The Balaban J connectivity index is 0.000000336. The number of rotatable bonds is 2. The van der Waals surface area contributed by atoms with E-state index in [9.17, 15) is 4.39 Å². The summed E-state index contributed by atoms with van der Waals surface area (Å²) in [5, 5.41) is 0. The van der Waals surface area contributed by atoms with Crippen molar-refractivity contribution >= 4 is 29.6 Å². The van der Waals surface area contributed by atoms with Crippen molar-refractivity contribution in [2.45, 2.75) is 12.8 Å². The van der Waals surface area contributed by atoms with Crippen LogP contribution in [0.4, 0.5) is 4.39 Å². The van der Waals surface area contributed by atoms with Crippen LogP contribution in [0.25, 0.3) is 0 Å². The fourth-order valence-electron chi connectivity index (χ4n) is 0.871. The third-order valence-electron chi connectivity index (χ3n) is 1.60. The minimum absolute atomic E-state index is 0.0428. The van der Waals surface area contributed by atoms with Crippen LogP contribution >= 0.6 is 21.4 Å². The minimum atomic E-state index is -3.72. The van der Waals surface area contributed by atoms with Gasteiger partial charge >= 0.3 is 8.26 Å². The SMILES string of the molecule is C[C@@H](CF)c1ccccc1.O=S(=O)(Cl)Cl. The summed E-state index contributed by atoms with van der Waals surface area (Å²) < 4.78 is 30.4. The summed E-state index contributed by atoms with van der Waals surface area (Å²) in [5.74, 6) is 0.0428. The highest BCUT2D eigenvalue weighted by atomic mass is 36.0. The zero-order valence-electron chi connectivity index (χ0n) is 8.03. The van der Waals surface area contributed by atoms with Gasteiger partial charge in [-0.2, -0.15) is 8.42 Å². The average Bonchev–Trinajstić information content (AvgIpc) is 2.15. The molecule has 2 nitrogen and oxygen atoms in total. The largest absolute Gasteiger partial charge is 0.317 e. The normalized spacial score (nSPS) is 12.5. The van der Waals surface area contributed by atoms with Gasteiger partial charge in [-0.3, -0.25) is 4.39 Å². The molecule has 0 heterocycles. The van der Waals surface area contributed by atoms with Crippen LogP contribution in [0.2, 0.25) is 0 Å². The van der Waals surface area contributed by atoms with E-state index in [1.807, 2.05) is 37.3 Å². The molecule has 0 aliphatic rings. The molecule has 1 rings (SSSR count). The van der Waals surface area contributed by atoms with Crippen LogP contribution in [-0.2, 0) is 8.26 Å². The van der Waals surface area contributed by atoms with Crippen LogP contribution in [0.15, 0.2) is 30.3 Å². The molecule has 15 heavy (non-hydrogen) atoms. The van der Waals surface area contributed by atoms with Gasteiger partial charge in [0.05, 0.1) is 6.67 Å².